The molecular formula is C19H12ClNO5. The highest BCUT2D eigenvalue weighted by Crippen LogP contribution is 2.21. The smallest absolute Gasteiger partial charge is 0.349 e. The molecule has 0 bridgehead atoms. The first-order valence-corrected chi connectivity index (χ1v) is 7.83. The van der Waals surface area contributed by atoms with E-state index in [9.17, 15) is 14.4 Å². The minimum Gasteiger partial charge on any atom is -0.423 e. The standard InChI is InChI=1S/C19H12ClNO5/c20-13-5-1-11(2-6-13)3-8-17(22)25-14-7-4-12-9-15(18(21)23)19(24)26-16(12)10-14/h1-10H,(H2,21,23). The summed E-state index contributed by atoms with van der Waals surface area (Å²) in [7, 11) is 0. The molecule has 0 radical (unpaired) electrons. The second kappa shape index (κ2) is 7.25. The second-order valence-corrected chi connectivity index (χ2v) is 5.75. The van der Waals surface area contributed by atoms with Crippen LogP contribution in [-0.4, -0.2) is 11.9 Å². The lowest BCUT2D eigenvalue weighted by Crippen LogP contribution is -2.20. The van der Waals surface area contributed by atoms with E-state index in [1.54, 1.807) is 36.4 Å². The van der Waals surface area contributed by atoms with Crippen molar-refractivity contribution in [3.05, 3.63) is 81.2 Å². The van der Waals surface area contributed by atoms with Gasteiger partial charge in [0.2, 0.25) is 0 Å². The van der Waals surface area contributed by atoms with Crippen LogP contribution in [0.15, 0.2) is 63.8 Å². The Bertz CT molecular complexity index is 1080. The molecule has 0 unspecified atom stereocenters. The molecule has 2 aromatic carbocycles. The van der Waals surface area contributed by atoms with E-state index in [4.69, 9.17) is 26.5 Å². The van der Waals surface area contributed by atoms with Crippen LogP contribution < -0.4 is 16.1 Å². The largest absolute Gasteiger partial charge is 0.423 e. The number of benzene rings is 2. The molecule has 130 valence electrons. The quantitative estimate of drug-likeness (QED) is 0.329. The Morgan fingerprint density at radius 3 is 2.50 bits per heavy atom. The fourth-order valence-corrected chi connectivity index (χ4v) is 2.34. The lowest BCUT2D eigenvalue weighted by molar-refractivity contribution is -0.128. The van der Waals surface area contributed by atoms with E-state index < -0.39 is 17.5 Å². The molecule has 1 heterocycles. The average molecular weight is 370 g/mol. The van der Waals surface area contributed by atoms with Crippen LogP contribution in [0.4, 0.5) is 0 Å². The predicted octanol–water partition coefficient (Wildman–Crippen LogP) is 3.16. The number of fused-ring (bicyclic) bond motifs is 1. The monoisotopic (exact) mass is 369 g/mol. The predicted molar refractivity (Wildman–Crippen MR) is 97.1 cm³/mol. The number of nitrogens with two attached hydrogens (primary N) is 1. The van der Waals surface area contributed by atoms with E-state index in [0.29, 0.717) is 10.4 Å². The number of ether oxygens (including phenoxy) is 1. The van der Waals surface area contributed by atoms with E-state index in [0.717, 1.165) is 5.56 Å². The minimum absolute atomic E-state index is 0.173. The zero-order chi connectivity index (χ0) is 18.7. The van der Waals surface area contributed by atoms with Crippen molar-refractivity contribution in [1.29, 1.82) is 0 Å². The van der Waals surface area contributed by atoms with Gasteiger partial charge < -0.3 is 14.9 Å². The Kier molecular flexibility index (Phi) is 4.86. The number of rotatable bonds is 4. The molecule has 3 rings (SSSR count). The van der Waals surface area contributed by atoms with Crippen molar-refractivity contribution in [2.24, 2.45) is 5.73 Å². The highest BCUT2D eigenvalue weighted by Gasteiger charge is 2.11. The van der Waals surface area contributed by atoms with Gasteiger partial charge in [-0.05, 0) is 42.0 Å². The normalized spacial score (nSPS) is 11.0. The van der Waals surface area contributed by atoms with Gasteiger partial charge in [-0.2, -0.15) is 0 Å². The zero-order valence-electron chi connectivity index (χ0n) is 13.3. The number of carbonyl (C=O) groups excluding carboxylic acids is 2. The molecule has 0 fully saturated rings. The number of carbonyl (C=O) groups is 2. The molecule has 7 heteroatoms. The third-order valence-corrected chi connectivity index (χ3v) is 3.73. The van der Waals surface area contributed by atoms with Gasteiger partial charge in [-0.25, -0.2) is 9.59 Å². The van der Waals surface area contributed by atoms with Gasteiger partial charge in [-0.1, -0.05) is 23.7 Å². The molecule has 1 aromatic heterocycles. The molecule has 0 atom stereocenters. The van der Waals surface area contributed by atoms with Crippen molar-refractivity contribution < 1.29 is 18.7 Å². The van der Waals surface area contributed by atoms with Crippen molar-refractivity contribution >= 4 is 40.5 Å². The summed E-state index contributed by atoms with van der Waals surface area (Å²) in [6, 6.07) is 12.7. The Morgan fingerprint density at radius 1 is 1.08 bits per heavy atom. The molecule has 0 spiro atoms. The van der Waals surface area contributed by atoms with Crippen molar-refractivity contribution in [2.45, 2.75) is 0 Å². The van der Waals surface area contributed by atoms with Crippen LogP contribution in [0.1, 0.15) is 15.9 Å². The average Bonchev–Trinajstić information content (AvgIpc) is 2.60. The summed E-state index contributed by atoms with van der Waals surface area (Å²) in [5.74, 6) is -1.28. The molecule has 3 aromatic rings. The SMILES string of the molecule is NC(=O)c1cc2ccc(OC(=O)C=Cc3ccc(Cl)cc3)cc2oc1=O. The number of hydrogen-bond acceptors (Lipinski definition) is 5. The van der Waals surface area contributed by atoms with Crippen LogP contribution in [0.2, 0.25) is 5.02 Å². The Balaban J connectivity index is 1.79. The molecule has 0 aliphatic carbocycles. The maximum absolute atomic E-state index is 11.9. The molecule has 0 saturated heterocycles. The highest BCUT2D eigenvalue weighted by atomic mass is 35.5. The molecule has 1 amide bonds. The summed E-state index contributed by atoms with van der Waals surface area (Å²) in [6.45, 7) is 0. The lowest BCUT2D eigenvalue weighted by Gasteiger charge is -2.03. The summed E-state index contributed by atoms with van der Waals surface area (Å²) in [5.41, 5.74) is 4.97. The van der Waals surface area contributed by atoms with Crippen LogP contribution in [0, 0.1) is 0 Å². The van der Waals surface area contributed by atoms with Crippen LogP contribution in [-0.2, 0) is 4.79 Å². The van der Waals surface area contributed by atoms with E-state index in [-0.39, 0.29) is 16.9 Å². The highest BCUT2D eigenvalue weighted by molar-refractivity contribution is 6.30. The van der Waals surface area contributed by atoms with Gasteiger partial charge in [0, 0.05) is 22.6 Å². The molecule has 2 N–H and O–H groups in total. The van der Waals surface area contributed by atoms with E-state index in [1.165, 1.54) is 24.3 Å². The number of primary amides is 1. The van der Waals surface area contributed by atoms with Gasteiger partial charge in [0.05, 0.1) is 0 Å². The summed E-state index contributed by atoms with van der Waals surface area (Å²) >= 11 is 5.80. The van der Waals surface area contributed by atoms with Crippen molar-refractivity contribution in [2.75, 3.05) is 0 Å². The Labute approximate surface area is 152 Å². The van der Waals surface area contributed by atoms with Gasteiger partial charge in [-0.15, -0.1) is 0 Å². The summed E-state index contributed by atoms with van der Waals surface area (Å²) in [5, 5.41) is 1.08. The zero-order valence-corrected chi connectivity index (χ0v) is 14.0. The van der Waals surface area contributed by atoms with E-state index in [2.05, 4.69) is 0 Å². The van der Waals surface area contributed by atoms with Gasteiger partial charge in [0.1, 0.15) is 16.9 Å². The molecule has 0 saturated carbocycles. The lowest BCUT2D eigenvalue weighted by atomic mass is 10.2. The van der Waals surface area contributed by atoms with Crippen LogP contribution in [0.3, 0.4) is 0 Å². The molecule has 6 nitrogen and oxygen atoms in total. The van der Waals surface area contributed by atoms with Crippen molar-refractivity contribution in [3.63, 3.8) is 0 Å². The van der Waals surface area contributed by atoms with Gasteiger partial charge >= 0.3 is 11.6 Å². The number of amides is 1. The summed E-state index contributed by atoms with van der Waals surface area (Å²) < 4.78 is 10.2. The van der Waals surface area contributed by atoms with E-state index >= 15 is 0 Å². The topological polar surface area (TPSA) is 99.6 Å². The van der Waals surface area contributed by atoms with Crippen molar-refractivity contribution in [1.82, 2.24) is 0 Å². The third kappa shape index (κ3) is 3.99. The van der Waals surface area contributed by atoms with Crippen LogP contribution >= 0.6 is 11.6 Å². The van der Waals surface area contributed by atoms with Gasteiger partial charge in [-0.3, -0.25) is 4.79 Å². The first-order valence-electron chi connectivity index (χ1n) is 7.45. The first-order chi connectivity index (χ1) is 12.4. The second-order valence-electron chi connectivity index (χ2n) is 5.32. The molecule has 0 aliphatic rings. The molecule has 0 aliphatic heterocycles. The van der Waals surface area contributed by atoms with Gasteiger partial charge in [0.15, 0.2) is 0 Å². The molecule has 26 heavy (non-hydrogen) atoms. The molecular weight excluding hydrogens is 358 g/mol. The number of esters is 1. The number of hydrogen-bond donors (Lipinski definition) is 1. The van der Waals surface area contributed by atoms with E-state index in [1.807, 2.05) is 0 Å². The minimum atomic E-state index is -0.872. The van der Waals surface area contributed by atoms with Crippen molar-refractivity contribution in [3.8, 4) is 5.75 Å². The summed E-state index contributed by atoms with van der Waals surface area (Å²) in [4.78, 5) is 34.8. The Morgan fingerprint density at radius 2 is 1.81 bits per heavy atom. The fraction of sp³-hybridized carbons (Fsp3) is 0. The summed E-state index contributed by atoms with van der Waals surface area (Å²) in [6.07, 6.45) is 2.85. The maximum atomic E-state index is 11.9. The third-order valence-electron chi connectivity index (χ3n) is 3.47. The van der Waals surface area contributed by atoms with Crippen LogP contribution in [0.5, 0.6) is 5.75 Å². The fourth-order valence-electron chi connectivity index (χ4n) is 2.22. The Hall–Kier alpha value is -3.38. The maximum Gasteiger partial charge on any atom is 0.349 e. The number of halogens is 1. The van der Waals surface area contributed by atoms with Crippen LogP contribution in [0.25, 0.3) is 17.0 Å². The first kappa shape index (κ1) is 17.4. The van der Waals surface area contributed by atoms with Gasteiger partial charge in [0.25, 0.3) is 5.91 Å².